The van der Waals surface area contributed by atoms with E-state index in [1.807, 2.05) is 26.0 Å². The van der Waals surface area contributed by atoms with Crippen LogP contribution in [0.4, 0.5) is 11.6 Å². The van der Waals surface area contributed by atoms with E-state index in [2.05, 4.69) is 25.5 Å². The van der Waals surface area contributed by atoms with Crippen molar-refractivity contribution in [2.45, 2.75) is 20.0 Å². The number of hydrogen-bond donors (Lipinski definition) is 2. The van der Waals surface area contributed by atoms with Gasteiger partial charge in [0.25, 0.3) is 5.91 Å². The first-order valence-corrected chi connectivity index (χ1v) is 9.55. The zero-order valence-corrected chi connectivity index (χ0v) is 16.4. The second kappa shape index (κ2) is 10.0. The van der Waals surface area contributed by atoms with Crippen molar-refractivity contribution in [2.24, 2.45) is 0 Å². The first-order valence-electron chi connectivity index (χ1n) is 9.55. The van der Waals surface area contributed by atoms with Gasteiger partial charge in [0.1, 0.15) is 11.4 Å². The number of carbonyl (C=O) groups is 1. The number of ether oxygens (including phenoxy) is 2. The van der Waals surface area contributed by atoms with Gasteiger partial charge in [-0.3, -0.25) is 9.69 Å². The molecule has 0 bridgehead atoms. The second-order valence-corrected chi connectivity index (χ2v) is 6.79. The molecular weight excluding hydrogens is 358 g/mol. The minimum atomic E-state index is -0.281. The van der Waals surface area contributed by atoms with Crippen molar-refractivity contribution in [2.75, 3.05) is 50.0 Å². The summed E-state index contributed by atoms with van der Waals surface area (Å²) in [4.78, 5) is 23.3. The Morgan fingerprint density at radius 1 is 1.21 bits per heavy atom. The molecule has 1 aliphatic rings. The number of rotatable bonds is 8. The highest BCUT2D eigenvalue weighted by Gasteiger charge is 2.11. The van der Waals surface area contributed by atoms with Gasteiger partial charge in [-0.2, -0.15) is 0 Å². The molecule has 0 atom stereocenters. The average molecular weight is 385 g/mol. The number of morpholine rings is 1. The Balaban J connectivity index is 1.51. The normalized spacial score (nSPS) is 14.7. The molecule has 1 aromatic carbocycles. The second-order valence-electron chi connectivity index (χ2n) is 6.79. The predicted octanol–water partition coefficient (Wildman–Crippen LogP) is 2.26. The number of anilines is 2. The van der Waals surface area contributed by atoms with Crippen LogP contribution in [0.1, 0.15) is 24.3 Å². The van der Waals surface area contributed by atoms with Crippen molar-refractivity contribution in [1.82, 2.24) is 14.9 Å². The molecule has 2 heterocycles. The molecule has 1 amide bonds. The molecule has 0 unspecified atom stereocenters. The Bertz CT molecular complexity index is 761. The molecule has 2 aromatic rings. The molecule has 0 spiro atoms. The standard InChI is InChI=1S/C20H27N5O3/c1-15(2)28-17-5-3-16(4-6-17)23-19(26)18-7-8-21-20(24-18)22-9-10-25-11-13-27-14-12-25/h3-8,15H,9-14H2,1-2H3,(H,23,26)(H,21,22,24). The third-order valence-corrected chi connectivity index (χ3v) is 4.19. The number of hydrogen-bond acceptors (Lipinski definition) is 7. The minimum Gasteiger partial charge on any atom is -0.491 e. The van der Waals surface area contributed by atoms with Crippen LogP contribution >= 0.6 is 0 Å². The van der Waals surface area contributed by atoms with Crippen molar-refractivity contribution in [3.8, 4) is 5.75 Å². The van der Waals surface area contributed by atoms with Gasteiger partial charge in [0.15, 0.2) is 0 Å². The van der Waals surface area contributed by atoms with Gasteiger partial charge in [-0.25, -0.2) is 9.97 Å². The highest BCUT2D eigenvalue weighted by atomic mass is 16.5. The van der Waals surface area contributed by atoms with E-state index < -0.39 is 0 Å². The van der Waals surface area contributed by atoms with Crippen molar-refractivity contribution < 1.29 is 14.3 Å². The molecule has 1 aliphatic heterocycles. The Hall–Kier alpha value is -2.71. The van der Waals surface area contributed by atoms with E-state index in [4.69, 9.17) is 9.47 Å². The fourth-order valence-electron chi connectivity index (χ4n) is 2.81. The largest absolute Gasteiger partial charge is 0.491 e. The van der Waals surface area contributed by atoms with Crippen molar-refractivity contribution in [1.29, 1.82) is 0 Å². The van der Waals surface area contributed by atoms with Crippen LogP contribution in [0.3, 0.4) is 0 Å². The maximum absolute atomic E-state index is 12.5. The number of amides is 1. The summed E-state index contributed by atoms with van der Waals surface area (Å²) in [5.74, 6) is 0.930. The summed E-state index contributed by atoms with van der Waals surface area (Å²) in [5, 5.41) is 6.01. The van der Waals surface area contributed by atoms with Crippen molar-refractivity contribution in [3.63, 3.8) is 0 Å². The first-order chi connectivity index (χ1) is 13.6. The maximum atomic E-state index is 12.5. The average Bonchev–Trinajstić information content (AvgIpc) is 2.70. The monoisotopic (exact) mass is 385 g/mol. The van der Waals surface area contributed by atoms with Crippen LogP contribution in [0, 0.1) is 0 Å². The third kappa shape index (κ3) is 6.17. The van der Waals surface area contributed by atoms with Crippen LogP contribution in [-0.2, 0) is 4.74 Å². The molecule has 8 heteroatoms. The number of carbonyl (C=O) groups excluding carboxylic acids is 1. The number of nitrogens with one attached hydrogen (secondary N) is 2. The van der Waals surface area contributed by atoms with Gasteiger partial charge in [-0.05, 0) is 44.2 Å². The topological polar surface area (TPSA) is 88.6 Å². The lowest BCUT2D eigenvalue weighted by atomic mass is 10.3. The van der Waals surface area contributed by atoms with E-state index in [0.717, 1.165) is 38.6 Å². The smallest absolute Gasteiger partial charge is 0.274 e. The Morgan fingerprint density at radius 2 is 1.96 bits per heavy atom. The summed E-state index contributed by atoms with van der Waals surface area (Å²) in [5.41, 5.74) is 0.993. The molecule has 8 nitrogen and oxygen atoms in total. The fraction of sp³-hybridized carbons (Fsp3) is 0.450. The molecule has 3 rings (SSSR count). The van der Waals surface area contributed by atoms with Crippen molar-refractivity contribution in [3.05, 3.63) is 42.2 Å². The van der Waals surface area contributed by atoms with E-state index in [9.17, 15) is 4.79 Å². The molecule has 150 valence electrons. The van der Waals surface area contributed by atoms with Gasteiger partial charge in [-0.1, -0.05) is 0 Å². The van der Waals surface area contributed by atoms with Crippen molar-refractivity contribution >= 4 is 17.5 Å². The van der Waals surface area contributed by atoms with Gasteiger partial charge in [0, 0.05) is 38.1 Å². The zero-order valence-electron chi connectivity index (χ0n) is 16.4. The minimum absolute atomic E-state index is 0.107. The number of aromatic nitrogens is 2. The number of nitrogens with zero attached hydrogens (tertiary/aromatic N) is 3. The fourth-order valence-corrected chi connectivity index (χ4v) is 2.81. The summed E-state index contributed by atoms with van der Waals surface area (Å²) in [6.07, 6.45) is 1.69. The maximum Gasteiger partial charge on any atom is 0.274 e. The van der Waals surface area contributed by atoms with Gasteiger partial charge in [0.2, 0.25) is 5.95 Å². The molecular formula is C20H27N5O3. The molecule has 1 aromatic heterocycles. The summed E-state index contributed by atoms with van der Waals surface area (Å²) in [7, 11) is 0. The van der Waals surface area contributed by atoms with Gasteiger partial charge in [-0.15, -0.1) is 0 Å². The molecule has 1 fully saturated rings. The highest BCUT2D eigenvalue weighted by Crippen LogP contribution is 2.17. The summed E-state index contributed by atoms with van der Waals surface area (Å²) >= 11 is 0. The SMILES string of the molecule is CC(C)Oc1ccc(NC(=O)c2ccnc(NCCN3CCOCC3)n2)cc1. The van der Waals surface area contributed by atoms with Crippen LogP contribution in [0.2, 0.25) is 0 Å². The highest BCUT2D eigenvalue weighted by molar-refractivity contribution is 6.02. The van der Waals surface area contributed by atoms with Crippen LogP contribution in [-0.4, -0.2) is 66.3 Å². The lowest BCUT2D eigenvalue weighted by Crippen LogP contribution is -2.39. The van der Waals surface area contributed by atoms with Gasteiger partial charge >= 0.3 is 0 Å². The third-order valence-electron chi connectivity index (χ3n) is 4.19. The Morgan fingerprint density at radius 3 is 2.68 bits per heavy atom. The van der Waals surface area contributed by atoms with Crippen LogP contribution in [0.15, 0.2) is 36.5 Å². The van der Waals surface area contributed by atoms with Crippen LogP contribution in [0.25, 0.3) is 0 Å². The lowest BCUT2D eigenvalue weighted by molar-refractivity contribution is 0.0398. The predicted molar refractivity (Wildman–Crippen MR) is 108 cm³/mol. The quantitative estimate of drug-likeness (QED) is 0.720. The zero-order chi connectivity index (χ0) is 19.8. The van der Waals surface area contributed by atoms with Gasteiger partial charge < -0.3 is 20.1 Å². The van der Waals surface area contributed by atoms with E-state index in [-0.39, 0.29) is 12.0 Å². The molecule has 28 heavy (non-hydrogen) atoms. The Labute approximate surface area is 165 Å². The summed E-state index contributed by atoms with van der Waals surface area (Å²) in [6, 6.07) is 8.86. The van der Waals surface area contributed by atoms with E-state index >= 15 is 0 Å². The van der Waals surface area contributed by atoms with Gasteiger partial charge in [0.05, 0.1) is 19.3 Å². The summed E-state index contributed by atoms with van der Waals surface area (Å²) < 4.78 is 10.9. The van der Waals surface area contributed by atoms with E-state index in [1.54, 1.807) is 24.4 Å². The lowest BCUT2D eigenvalue weighted by Gasteiger charge is -2.26. The Kier molecular flexibility index (Phi) is 7.16. The molecule has 0 saturated carbocycles. The van der Waals surface area contributed by atoms with E-state index in [1.165, 1.54) is 0 Å². The van der Waals surface area contributed by atoms with Crippen LogP contribution < -0.4 is 15.4 Å². The molecule has 2 N–H and O–H groups in total. The number of benzene rings is 1. The first kappa shape index (κ1) is 20.0. The summed E-state index contributed by atoms with van der Waals surface area (Å²) in [6.45, 7) is 8.95. The molecule has 0 radical (unpaired) electrons. The molecule has 1 saturated heterocycles. The molecule has 0 aliphatic carbocycles. The van der Waals surface area contributed by atoms with E-state index in [0.29, 0.717) is 23.9 Å². The van der Waals surface area contributed by atoms with Crippen LogP contribution in [0.5, 0.6) is 5.75 Å².